The summed E-state index contributed by atoms with van der Waals surface area (Å²) in [5.74, 6) is -1.84. The number of esters is 1. The van der Waals surface area contributed by atoms with Gasteiger partial charge in [0.15, 0.2) is 11.5 Å². The van der Waals surface area contributed by atoms with E-state index < -0.39 is 17.8 Å². The zero-order valence-electron chi connectivity index (χ0n) is 19.1. The summed E-state index contributed by atoms with van der Waals surface area (Å²) in [6, 6.07) is 16.4. The SMILES string of the molecule is COc1ccc(C(=O)Oc2c(Cl)cc(/C=C(\C#N)C(=O)Nc3ccc(C(=O)O)cc3)cc2OC)cc1. The van der Waals surface area contributed by atoms with E-state index in [0.717, 1.165) is 0 Å². The Morgan fingerprint density at radius 2 is 1.61 bits per heavy atom. The molecule has 36 heavy (non-hydrogen) atoms. The maximum atomic E-state index is 12.6. The number of halogens is 1. The maximum absolute atomic E-state index is 12.6. The maximum Gasteiger partial charge on any atom is 0.343 e. The predicted molar refractivity (Wildman–Crippen MR) is 132 cm³/mol. The van der Waals surface area contributed by atoms with E-state index in [1.54, 1.807) is 12.1 Å². The minimum Gasteiger partial charge on any atom is -0.497 e. The molecule has 0 aliphatic carbocycles. The molecule has 9 nitrogen and oxygen atoms in total. The Balaban J connectivity index is 1.82. The van der Waals surface area contributed by atoms with Crippen LogP contribution < -0.4 is 19.5 Å². The van der Waals surface area contributed by atoms with Crippen molar-refractivity contribution in [2.75, 3.05) is 19.5 Å². The van der Waals surface area contributed by atoms with Crippen molar-refractivity contribution in [1.29, 1.82) is 5.26 Å². The van der Waals surface area contributed by atoms with Crippen molar-refractivity contribution >= 4 is 41.2 Å². The molecule has 0 fully saturated rings. The first-order valence-electron chi connectivity index (χ1n) is 10.3. The molecule has 10 heteroatoms. The summed E-state index contributed by atoms with van der Waals surface area (Å²) < 4.78 is 15.8. The highest BCUT2D eigenvalue weighted by atomic mass is 35.5. The number of carbonyl (C=O) groups is 3. The van der Waals surface area contributed by atoms with Crippen LogP contribution in [0.2, 0.25) is 5.02 Å². The van der Waals surface area contributed by atoms with Gasteiger partial charge >= 0.3 is 11.9 Å². The molecule has 2 N–H and O–H groups in total. The molecule has 0 radical (unpaired) electrons. The topological polar surface area (TPSA) is 135 Å². The molecule has 182 valence electrons. The van der Waals surface area contributed by atoms with Gasteiger partial charge in [0.05, 0.1) is 30.4 Å². The number of nitrogens with zero attached hydrogens (tertiary/aromatic N) is 1. The molecule has 0 atom stereocenters. The second kappa shape index (κ2) is 11.6. The van der Waals surface area contributed by atoms with Crippen LogP contribution in [0.1, 0.15) is 26.3 Å². The van der Waals surface area contributed by atoms with E-state index >= 15 is 0 Å². The molecule has 1 amide bonds. The van der Waals surface area contributed by atoms with Crippen molar-refractivity contribution in [2.24, 2.45) is 0 Å². The Hall–Kier alpha value is -4.81. The normalized spacial score (nSPS) is 10.7. The van der Waals surface area contributed by atoms with Crippen LogP contribution in [-0.2, 0) is 4.79 Å². The molecular weight excluding hydrogens is 488 g/mol. The molecule has 0 bridgehead atoms. The lowest BCUT2D eigenvalue weighted by molar-refractivity contribution is -0.112. The molecule has 0 aliphatic rings. The first-order valence-corrected chi connectivity index (χ1v) is 10.6. The van der Waals surface area contributed by atoms with Gasteiger partial charge in [0.25, 0.3) is 5.91 Å². The first-order chi connectivity index (χ1) is 17.2. The van der Waals surface area contributed by atoms with Crippen LogP contribution in [0.4, 0.5) is 5.69 Å². The molecule has 0 aromatic heterocycles. The van der Waals surface area contributed by atoms with Crippen LogP contribution in [0.3, 0.4) is 0 Å². The first kappa shape index (κ1) is 25.8. The Morgan fingerprint density at radius 1 is 0.972 bits per heavy atom. The zero-order chi connectivity index (χ0) is 26.2. The second-order valence-corrected chi connectivity index (χ2v) is 7.57. The van der Waals surface area contributed by atoms with E-state index in [-0.39, 0.29) is 33.2 Å². The molecule has 0 saturated carbocycles. The van der Waals surface area contributed by atoms with E-state index in [1.165, 1.54) is 68.8 Å². The summed E-state index contributed by atoms with van der Waals surface area (Å²) in [7, 11) is 2.86. The highest BCUT2D eigenvalue weighted by Crippen LogP contribution is 2.37. The van der Waals surface area contributed by atoms with Crippen LogP contribution in [0.25, 0.3) is 6.08 Å². The van der Waals surface area contributed by atoms with Crippen molar-refractivity contribution in [3.63, 3.8) is 0 Å². The number of ether oxygens (including phenoxy) is 3. The summed E-state index contributed by atoms with van der Waals surface area (Å²) >= 11 is 6.33. The number of carbonyl (C=O) groups excluding carboxylic acids is 2. The smallest absolute Gasteiger partial charge is 0.343 e. The fourth-order valence-corrected chi connectivity index (χ4v) is 3.27. The largest absolute Gasteiger partial charge is 0.497 e. The number of aromatic carboxylic acids is 1. The van der Waals surface area contributed by atoms with Crippen molar-refractivity contribution in [1.82, 2.24) is 0 Å². The van der Waals surface area contributed by atoms with Crippen molar-refractivity contribution in [2.45, 2.75) is 0 Å². The summed E-state index contributed by atoms with van der Waals surface area (Å²) in [6.07, 6.45) is 1.28. The van der Waals surface area contributed by atoms with Gasteiger partial charge in [-0.15, -0.1) is 0 Å². The Morgan fingerprint density at radius 3 is 2.17 bits per heavy atom. The molecule has 3 rings (SSSR count). The van der Waals surface area contributed by atoms with Gasteiger partial charge in [-0.2, -0.15) is 5.26 Å². The number of carboxylic acids is 1. The van der Waals surface area contributed by atoms with Crippen molar-refractivity contribution < 1.29 is 33.7 Å². The van der Waals surface area contributed by atoms with Crippen molar-refractivity contribution in [3.8, 4) is 23.3 Å². The van der Waals surface area contributed by atoms with Gasteiger partial charge in [0.1, 0.15) is 17.4 Å². The average Bonchev–Trinajstić information content (AvgIpc) is 2.88. The minimum atomic E-state index is -1.10. The number of hydrogen-bond acceptors (Lipinski definition) is 7. The number of nitriles is 1. The van der Waals surface area contributed by atoms with Gasteiger partial charge in [-0.25, -0.2) is 9.59 Å². The van der Waals surface area contributed by atoms with E-state index in [1.807, 2.05) is 6.07 Å². The molecule has 0 saturated heterocycles. The molecule has 0 spiro atoms. The number of hydrogen-bond donors (Lipinski definition) is 2. The number of carboxylic acid groups (broad SMARTS) is 1. The number of rotatable bonds is 8. The van der Waals surface area contributed by atoms with Crippen LogP contribution in [0.5, 0.6) is 17.2 Å². The lowest BCUT2D eigenvalue weighted by Crippen LogP contribution is -2.13. The van der Waals surface area contributed by atoms with Gasteiger partial charge in [-0.1, -0.05) is 11.6 Å². The van der Waals surface area contributed by atoms with Gasteiger partial charge in [-0.05, 0) is 72.3 Å². The highest BCUT2D eigenvalue weighted by Gasteiger charge is 2.18. The van der Waals surface area contributed by atoms with Gasteiger partial charge in [-0.3, -0.25) is 4.79 Å². The fourth-order valence-electron chi connectivity index (χ4n) is 3.01. The Bertz CT molecular complexity index is 1380. The molecule has 0 heterocycles. The Labute approximate surface area is 211 Å². The molecule has 0 aliphatic heterocycles. The molecule has 3 aromatic rings. The van der Waals surface area contributed by atoms with E-state index in [9.17, 15) is 19.6 Å². The number of anilines is 1. The van der Waals surface area contributed by atoms with Gasteiger partial charge < -0.3 is 24.6 Å². The summed E-state index contributed by atoms with van der Waals surface area (Å²) in [4.78, 5) is 36.1. The predicted octanol–water partition coefficient (Wildman–Crippen LogP) is 4.82. The van der Waals surface area contributed by atoms with E-state index in [0.29, 0.717) is 17.0 Å². The Kier molecular flexibility index (Phi) is 8.28. The van der Waals surface area contributed by atoms with Crippen LogP contribution >= 0.6 is 11.6 Å². The molecular formula is C26H19ClN2O7. The lowest BCUT2D eigenvalue weighted by Gasteiger charge is -2.12. The third-order valence-corrected chi connectivity index (χ3v) is 5.12. The quantitative estimate of drug-likeness (QED) is 0.192. The van der Waals surface area contributed by atoms with Crippen LogP contribution in [0, 0.1) is 11.3 Å². The summed E-state index contributed by atoms with van der Waals surface area (Å²) in [5.41, 5.74) is 0.714. The van der Waals surface area contributed by atoms with Gasteiger partial charge in [0, 0.05) is 5.69 Å². The third kappa shape index (κ3) is 6.20. The van der Waals surface area contributed by atoms with Crippen molar-refractivity contribution in [3.05, 3.63) is 87.9 Å². The number of benzene rings is 3. The molecule has 0 unspecified atom stereocenters. The average molecular weight is 507 g/mol. The van der Waals surface area contributed by atoms with Crippen LogP contribution in [-0.4, -0.2) is 37.2 Å². The second-order valence-electron chi connectivity index (χ2n) is 7.16. The van der Waals surface area contributed by atoms with E-state index in [4.69, 9.17) is 30.9 Å². The minimum absolute atomic E-state index is 0.0180. The zero-order valence-corrected chi connectivity index (χ0v) is 19.8. The van der Waals surface area contributed by atoms with E-state index in [2.05, 4.69) is 5.32 Å². The lowest BCUT2D eigenvalue weighted by atomic mass is 10.1. The van der Waals surface area contributed by atoms with Gasteiger partial charge in [0.2, 0.25) is 0 Å². The highest BCUT2D eigenvalue weighted by molar-refractivity contribution is 6.32. The van der Waals surface area contributed by atoms with Crippen LogP contribution in [0.15, 0.2) is 66.2 Å². The third-order valence-electron chi connectivity index (χ3n) is 4.84. The standard InChI is InChI=1S/C26H19ClN2O7/c1-34-20-9-5-17(6-10-20)26(33)36-23-21(27)12-15(13-22(23)35-2)11-18(14-28)24(30)29-19-7-3-16(4-8-19)25(31)32/h3-13H,1-2H3,(H,29,30)(H,31,32)/b18-11+. The monoisotopic (exact) mass is 506 g/mol. The number of methoxy groups -OCH3 is 2. The fraction of sp³-hybridized carbons (Fsp3) is 0.0769. The number of nitrogens with one attached hydrogen (secondary N) is 1. The number of amides is 1. The molecule has 3 aromatic carbocycles. The summed E-state index contributed by atoms with van der Waals surface area (Å²) in [5, 5.41) is 21.0. The summed E-state index contributed by atoms with van der Waals surface area (Å²) in [6.45, 7) is 0.